The maximum atomic E-state index is 10.6. The van der Waals surface area contributed by atoms with Crippen LogP contribution in [0.3, 0.4) is 0 Å². The van der Waals surface area contributed by atoms with Crippen LogP contribution in [0.4, 0.5) is 0 Å². The third-order valence-electron chi connectivity index (χ3n) is 1.51. The molecule has 1 rings (SSSR count). The monoisotopic (exact) mass is 216 g/mol. The van der Waals surface area contributed by atoms with Crippen molar-refractivity contribution in [3.05, 3.63) is 11.4 Å². The Labute approximate surface area is 86.4 Å². The normalized spacial score (nSPS) is 10.8. The lowest BCUT2D eigenvalue weighted by Crippen LogP contribution is -2.11. The van der Waals surface area contributed by atoms with Crippen molar-refractivity contribution in [2.75, 3.05) is 13.2 Å². The first-order valence-corrected chi connectivity index (χ1v) is 5.07. The predicted octanol–water partition coefficient (Wildman–Crippen LogP) is 1.42. The van der Waals surface area contributed by atoms with Crippen LogP contribution in [0.2, 0.25) is 0 Å². The van der Waals surface area contributed by atoms with E-state index in [4.69, 9.17) is 9.47 Å². The van der Waals surface area contributed by atoms with E-state index in [1.165, 1.54) is 0 Å². The number of hydrogen-bond acceptors (Lipinski definition) is 6. The predicted molar refractivity (Wildman–Crippen MR) is 51.3 cm³/mol. The third-order valence-corrected chi connectivity index (χ3v) is 2.07. The topological polar surface area (TPSA) is 61.3 Å². The molecule has 1 aromatic rings. The molecule has 78 valence electrons. The van der Waals surface area contributed by atoms with Crippen LogP contribution < -0.4 is 0 Å². The fraction of sp³-hybridized carbons (Fsp3) is 0.625. The van der Waals surface area contributed by atoms with Crippen molar-refractivity contribution in [1.82, 2.24) is 8.75 Å². The van der Waals surface area contributed by atoms with Crippen LogP contribution in [0, 0.1) is 0 Å². The van der Waals surface area contributed by atoms with Gasteiger partial charge in [-0.2, -0.15) is 8.75 Å². The van der Waals surface area contributed by atoms with Crippen molar-refractivity contribution in [2.24, 2.45) is 0 Å². The lowest BCUT2D eigenvalue weighted by molar-refractivity contribution is -0.142. The molecule has 0 radical (unpaired) electrons. The Morgan fingerprint density at radius 2 is 2.00 bits per heavy atom. The van der Waals surface area contributed by atoms with Gasteiger partial charge in [-0.3, -0.25) is 4.79 Å². The summed E-state index contributed by atoms with van der Waals surface area (Å²) < 4.78 is 18.4. The molecule has 0 bridgehead atoms. The zero-order valence-corrected chi connectivity index (χ0v) is 8.91. The van der Waals surface area contributed by atoms with Crippen molar-refractivity contribution in [1.29, 1.82) is 0 Å². The first-order valence-electron chi connectivity index (χ1n) is 4.34. The summed E-state index contributed by atoms with van der Waals surface area (Å²) in [6.45, 7) is 4.71. The maximum Gasteiger partial charge on any atom is 0.204 e. The summed E-state index contributed by atoms with van der Waals surface area (Å²) in [5.74, 6) is 0. The van der Waals surface area contributed by atoms with E-state index in [1.807, 2.05) is 13.8 Å². The Bertz CT molecular complexity index is 284. The second-order valence-electron chi connectivity index (χ2n) is 2.40. The zero-order chi connectivity index (χ0) is 10.4. The van der Waals surface area contributed by atoms with Gasteiger partial charge in [0.15, 0.2) is 6.29 Å². The largest absolute Gasteiger partial charge is 0.347 e. The van der Waals surface area contributed by atoms with Gasteiger partial charge >= 0.3 is 0 Å². The molecule has 0 unspecified atom stereocenters. The van der Waals surface area contributed by atoms with Crippen LogP contribution >= 0.6 is 11.7 Å². The molecular weight excluding hydrogens is 204 g/mol. The fourth-order valence-electron chi connectivity index (χ4n) is 0.956. The molecule has 1 heterocycles. The van der Waals surface area contributed by atoms with E-state index in [-0.39, 0.29) is 0 Å². The van der Waals surface area contributed by atoms with E-state index in [1.54, 1.807) is 0 Å². The number of ether oxygens (including phenoxy) is 2. The van der Waals surface area contributed by atoms with Crippen LogP contribution in [0.15, 0.2) is 0 Å². The van der Waals surface area contributed by atoms with Gasteiger partial charge in [0.25, 0.3) is 0 Å². The highest BCUT2D eigenvalue weighted by atomic mass is 32.1. The van der Waals surface area contributed by atoms with Crippen LogP contribution in [0.5, 0.6) is 0 Å². The number of aromatic nitrogens is 2. The molecule has 0 saturated carbocycles. The fourth-order valence-corrected chi connectivity index (χ4v) is 1.49. The van der Waals surface area contributed by atoms with Gasteiger partial charge in [-0.25, -0.2) is 0 Å². The maximum absolute atomic E-state index is 10.6. The molecule has 0 aromatic carbocycles. The minimum Gasteiger partial charge on any atom is -0.347 e. The minimum atomic E-state index is -0.580. The lowest BCUT2D eigenvalue weighted by atomic mass is 10.3. The molecule has 0 spiro atoms. The Morgan fingerprint density at radius 1 is 1.36 bits per heavy atom. The highest BCUT2D eigenvalue weighted by Crippen LogP contribution is 2.19. The summed E-state index contributed by atoms with van der Waals surface area (Å²) in [5.41, 5.74) is 0.760. The summed E-state index contributed by atoms with van der Waals surface area (Å²) in [7, 11) is 0. The molecule has 0 aliphatic heterocycles. The van der Waals surface area contributed by atoms with Crippen LogP contribution in [-0.2, 0) is 9.47 Å². The van der Waals surface area contributed by atoms with Crippen molar-refractivity contribution >= 4 is 18.0 Å². The van der Waals surface area contributed by atoms with Gasteiger partial charge in [-0.15, -0.1) is 0 Å². The van der Waals surface area contributed by atoms with Crippen molar-refractivity contribution in [3.63, 3.8) is 0 Å². The van der Waals surface area contributed by atoms with E-state index < -0.39 is 6.29 Å². The number of carbonyl (C=O) groups is 1. The molecule has 6 heteroatoms. The van der Waals surface area contributed by atoms with Crippen LogP contribution in [0.25, 0.3) is 0 Å². The molecule has 0 amide bonds. The first kappa shape index (κ1) is 11.2. The van der Waals surface area contributed by atoms with E-state index in [9.17, 15) is 4.79 Å². The van der Waals surface area contributed by atoms with Crippen LogP contribution in [-0.4, -0.2) is 28.2 Å². The van der Waals surface area contributed by atoms with Gasteiger partial charge in [0.05, 0.1) is 11.7 Å². The standard InChI is InChI=1S/C8H12N2O3S/c1-3-12-8(13-4-2)7-6(5-11)9-14-10-7/h5,8H,3-4H2,1-2H3. The van der Waals surface area contributed by atoms with Crippen LogP contribution in [0.1, 0.15) is 36.3 Å². The highest BCUT2D eigenvalue weighted by Gasteiger charge is 2.19. The summed E-state index contributed by atoms with van der Waals surface area (Å²) in [6.07, 6.45) is 0.0769. The number of carbonyl (C=O) groups excluding carboxylic acids is 1. The molecule has 0 atom stereocenters. The molecule has 1 aromatic heterocycles. The summed E-state index contributed by atoms with van der Waals surface area (Å²) in [6, 6.07) is 0. The summed E-state index contributed by atoms with van der Waals surface area (Å²) >= 11 is 0.980. The highest BCUT2D eigenvalue weighted by molar-refractivity contribution is 6.99. The molecule has 0 aliphatic rings. The van der Waals surface area contributed by atoms with Gasteiger partial charge in [-0.05, 0) is 13.8 Å². The van der Waals surface area contributed by atoms with Crippen molar-refractivity contribution in [3.8, 4) is 0 Å². The quantitative estimate of drug-likeness (QED) is 0.531. The van der Waals surface area contributed by atoms with Gasteiger partial charge in [0.1, 0.15) is 11.4 Å². The van der Waals surface area contributed by atoms with Gasteiger partial charge in [0, 0.05) is 13.2 Å². The minimum absolute atomic E-state index is 0.293. The smallest absolute Gasteiger partial charge is 0.204 e. The lowest BCUT2D eigenvalue weighted by Gasteiger charge is -2.14. The van der Waals surface area contributed by atoms with Crippen molar-refractivity contribution in [2.45, 2.75) is 20.1 Å². The van der Waals surface area contributed by atoms with Gasteiger partial charge in [-0.1, -0.05) is 0 Å². The molecule has 0 fully saturated rings. The van der Waals surface area contributed by atoms with Gasteiger partial charge in [0.2, 0.25) is 6.29 Å². The molecule has 0 saturated heterocycles. The number of rotatable bonds is 6. The number of aldehydes is 1. The Hall–Kier alpha value is -0.850. The Morgan fingerprint density at radius 3 is 2.50 bits per heavy atom. The number of hydrogen-bond donors (Lipinski definition) is 0. The molecule has 5 nitrogen and oxygen atoms in total. The number of nitrogens with zero attached hydrogens (tertiary/aromatic N) is 2. The summed E-state index contributed by atoms with van der Waals surface area (Å²) in [4.78, 5) is 10.6. The van der Waals surface area contributed by atoms with E-state index >= 15 is 0 Å². The van der Waals surface area contributed by atoms with E-state index in [2.05, 4.69) is 8.75 Å². The SMILES string of the molecule is CCOC(OCC)c1nsnc1C=O. The van der Waals surface area contributed by atoms with E-state index in [0.717, 1.165) is 11.7 Å². The molecule has 0 N–H and O–H groups in total. The zero-order valence-electron chi connectivity index (χ0n) is 8.10. The average Bonchev–Trinajstić information content (AvgIpc) is 2.65. The molecule has 0 aliphatic carbocycles. The van der Waals surface area contributed by atoms with Gasteiger partial charge < -0.3 is 9.47 Å². The summed E-state index contributed by atoms with van der Waals surface area (Å²) in [5, 5.41) is 0. The molecular formula is C8H12N2O3S. The average molecular weight is 216 g/mol. The van der Waals surface area contributed by atoms with Crippen molar-refractivity contribution < 1.29 is 14.3 Å². The second-order valence-corrected chi connectivity index (χ2v) is 2.92. The third kappa shape index (κ3) is 2.57. The second kappa shape index (κ2) is 5.79. The Kier molecular flexibility index (Phi) is 4.64. The molecule has 14 heavy (non-hydrogen) atoms. The van der Waals surface area contributed by atoms with E-state index in [0.29, 0.717) is 30.9 Å². The Balaban J connectivity index is 2.80. The first-order chi connectivity index (χ1) is 6.83.